The first kappa shape index (κ1) is 21.0. The number of hydrazone groups is 1. The number of hydrogen-bond acceptors (Lipinski definition) is 5. The predicted octanol–water partition coefficient (Wildman–Crippen LogP) is -0.892. The Balaban J connectivity index is 1.47. The first-order chi connectivity index (χ1) is 13.8. The van der Waals surface area contributed by atoms with Crippen LogP contribution in [0.5, 0.6) is 5.75 Å². The summed E-state index contributed by atoms with van der Waals surface area (Å²) < 4.78 is 26.9. The van der Waals surface area contributed by atoms with Crippen LogP contribution in [0.3, 0.4) is 0 Å². The highest BCUT2D eigenvalue weighted by Crippen LogP contribution is 2.16. The number of carbonyl (C=O) groups is 1. The summed E-state index contributed by atoms with van der Waals surface area (Å²) >= 11 is 0. The highest BCUT2D eigenvalue weighted by Gasteiger charge is 2.30. The van der Waals surface area contributed by atoms with E-state index in [9.17, 15) is 18.3 Å². The molecule has 0 saturated carbocycles. The van der Waals surface area contributed by atoms with Crippen LogP contribution in [-0.4, -0.2) is 57.6 Å². The number of piperazine rings is 1. The van der Waals surface area contributed by atoms with E-state index >= 15 is 0 Å². The molecule has 0 radical (unpaired) electrons. The molecule has 2 aromatic carbocycles. The van der Waals surface area contributed by atoms with Gasteiger partial charge in [0.1, 0.15) is 0 Å². The SMILES string of the molecule is Cc1ccc(S(=O)(=O)N2CC[NH+](CC(=O)NN=Cc3ccc([O-])cc3)CC2)cc1. The summed E-state index contributed by atoms with van der Waals surface area (Å²) in [6, 6.07) is 12.9. The Kier molecular flexibility index (Phi) is 6.63. The van der Waals surface area contributed by atoms with E-state index in [4.69, 9.17) is 0 Å². The van der Waals surface area contributed by atoms with Crippen LogP contribution in [0.4, 0.5) is 0 Å². The Morgan fingerprint density at radius 1 is 1.14 bits per heavy atom. The van der Waals surface area contributed by atoms with Gasteiger partial charge in [0.15, 0.2) is 6.54 Å². The van der Waals surface area contributed by atoms with E-state index in [1.807, 2.05) is 6.92 Å². The Labute approximate surface area is 170 Å². The number of carbonyl (C=O) groups excluding carboxylic acids is 1. The molecule has 29 heavy (non-hydrogen) atoms. The lowest BCUT2D eigenvalue weighted by atomic mass is 10.2. The Hall–Kier alpha value is -2.75. The zero-order valence-corrected chi connectivity index (χ0v) is 17.0. The fourth-order valence-corrected chi connectivity index (χ4v) is 4.52. The van der Waals surface area contributed by atoms with Crippen LogP contribution in [-0.2, 0) is 14.8 Å². The minimum absolute atomic E-state index is 0.0849. The molecule has 2 aromatic rings. The molecule has 9 heteroatoms. The summed E-state index contributed by atoms with van der Waals surface area (Å²) in [5.74, 6) is -0.329. The van der Waals surface area contributed by atoms with Crippen molar-refractivity contribution >= 4 is 22.1 Å². The molecular formula is C20H24N4O4S. The Bertz CT molecular complexity index is 965. The third-order valence-electron chi connectivity index (χ3n) is 4.78. The van der Waals surface area contributed by atoms with E-state index in [2.05, 4.69) is 10.5 Å². The molecule has 1 fully saturated rings. The van der Waals surface area contributed by atoms with Crippen molar-refractivity contribution in [1.82, 2.24) is 9.73 Å². The standard InChI is InChI=1S/C20H24N4O4S/c1-16-2-8-19(9-3-16)29(27,28)24-12-10-23(11-13-24)15-20(26)22-21-14-17-4-6-18(25)7-5-17/h2-9,14,25H,10-13,15H2,1H3,(H,22,26). The summed E-state index contributed by atoms with van der Waals surface area (Å²) in [5.41, 5.74) is 4.19. The topological polar surface area (TPSA) is 106 Å². The molecule has 0 spiro atoms. The molecule has 3 rings (SSSR count). The minimum Gasteiger partial charge on any atom is -0.872 e. The summed E-state index contributed by atoms with van der Waals surface area (Å²) in [5, 5.41) is 14.9. The number of rotatable bonds is 6. The average molecular weight is 417 g/mol. The second kappa shape index (κ2) is 9.17. The van der Waals surface area contributed by atoms with Gasteiger partial charge in [-0.3, -0.25) is 4.79 Å². The van der Waals surface area contributed by atoms with Gasteiger partial charge < -0.3 is 10.0 Å². The van der Waals surface area contributed by atoms with Crippen LogP contribution in [0.2, 0.25) is 0 Å². The largest absolute Gasteiger partial charge is 0.872 e. The lowest BCUT2D eigenvalue weighted by molar-refractivity contribution is -0.895. The number of aryl methyl sites for hydroxylation is 1. The summed E-state index contributed by atoms with van der Waals surface area (Å²) in [7, 11) is -3.50. The maximum absolute atomic E-state index is 12.7. The second-order valence-electron chi connectivity index (χ2n) is 7.01. The molecule has 154 valence electrons. The smallest absolute Gasteiger partial charge is 0.295 e. The molecule has 2 N–H and O–H groups in total. The van der Waals surface area contributed by atoms with E-state index in [0.29, 0.717) is 36.6 Å². The third-order valence-corrected chi connectivity index (χ3v) is 6.69. The fraction of sp³-hybridized carbons (Fsp3) is 0.300. The van der Waals surface area contributed by atoms with Gasteiger partial charge in [-0.25, -0.2) is 13.8 Å². The predicted molar refractivity (Wildman–Crippen MR) is 107 cm³/mol. The Morgan fingerprint density at radius 3 is 2.38 bits per heavy atom. The van der Waals surface area contributed by atoms with Crippen LogP contribution >= 0.6 is 0 Å². The molecule has 1 aliphatic rings. The van der Waals surface area contributed by atoms with Gasteiger partial charge in [0.05, 0.1) is 37.3 Å². The van der Waals surface area contributed by atoms with Crippen molar-refractivity contribution in [2.24, 2.45) is 5.10 Å². The summed E-state index contributed by atoms with van der Waals surface area (Å²) in [6.45, 7) is 3.96. The first-order valence-corrected chi connectivity index (χ1v) is 10.8. The van der Waals surface area contributed by atoms with Crippen molar-refractivity contribution in [3.63, 3.8) is 0 Å². The molecule has 1 heterocycles. The van der Waals surface area contributed by atoms with Gasteiger partial charge in [-0.2, -0.15) is 9.41 Å². The maximum atomic E-state index is 12.7. The van der Waals surface area contributed by atoms with Gasteiger partial charge in [-0.15, -0.1) is 5.75 Å². The average Bonchev–Trinajstić information content (AvgIpc) is 2.70. The summed E-state index contributed by atoms with van der Waals surface area (Å²) in [4.78, 5) is 13.4. The molecule has 0 aliphatic carbocycles. The molecule has 0 bridgehead atoms. The third kappa shape index (κ3) is 5.63. The van der Waals surface area contributed by atoms with E-state index < -0.39 is 10.0 Å². The van der Waals surface area contributed by atoms with Gasteiger partial charge in [-0.1, -0.05) is 42.0 Å². The highest BCUT2D eigenvalue weighted by molar-refractivity contribution is 7.89. The van der Waals surface area contributed by atoms with Gasteiger partial charge in [0.25, 0.3) is 5.91 Å². The molecule has 0 atom stereocenters. The monoisotopic (exact) mass is 416 g/mol. The van der Waals surface area contributed by atoms with Crippen molar-refractivity contribution in [2.45, 2.75) is 11.8 Å². The number of nitrogens with one attached hydrogen (secondary N) is 2. The van der Waals surface area contributed by atoms with Crippen LogP contribution < -0.4 is 15.4 Å². The fourth-order valence-electron chi connectivity index (χ4n) is 3.08. The van der Waals surface area contributed by atoms with Crippen molar-refractivity contribution in [3.8, 4) is 5.75 Å². The second-order valence-corrected chi connectivity index (χ2v) is 8.94. The van der Waals surface area contributed by atoms with Crippen molar-refractivity contribution < 1.29 is 23.2 Å². The number of hydrogen-bond donors (Lipinski definition) is 2. The number of nitrogens with zero attached hydrogens (tertiary/aromatic N) is 2. The van der Waals surface area contributed by atoms with E-state index in [1.54, 1.807) is 36.4 Å². The van der Waals surface area contributed by atoms with E-state index in [0.717, 1.165) is 10.5 Å². The van der Waals surface area contributed by atoms with Crippen molar-refractivity contribution in [2.75, 3.05) is 32.7 Å². The molecule has 0 unspecified atom stereocenters. The van der Waals surface area contributed by atoms with Crippen LogP contribution in [0.1, 0.15) is 11.1 Å². The molecular weight excluding hydrogens is 392 g/mol. The van der Waals surface area contributed by atoms with Crippen LogP contribution in [0.25, 0.3) is 0 Å². The number of amides is 1. The quantitative estimate of drug-likeness (QED) is 0.471. The first-order valence-electron chi connectivity index (χ1n) is 9.34. The lowest BCUT2D eigenvalue weighted by Crippen LogP contribution is -3.15. The number of benzene rings is 2. The molecule has 8 nitrogen and oxygen atoms in total. The van der Waals surface area contributed by atoms with E-state index in [-0.39, 0.29) is 18.2 Å². The lowest BCUT2D eigenvalue weighted by Gasteiger charge is -2.31. The number of quaternary nitrogens is 1. The maximum Gasteiger partial charge on any atom is 0.295 e. The van der Waals surface area contributed by atoms with Crippen LogP contribution in [0, 0.1) is 6.92 Å². The number of sulfonamides is 1. The Morgan fingerprint density at radius 2 is 1.76 bits per heavy atom. The van der Waals surface area contributed by atoms with Gasteiger partial charge in [0, 0.05) is 0 Å². The zero-order valence-electron chi connectivity index (χ0n) is 16.2. The van der Waals surface area contributed by atoms with Gasteiger partial charge in [-0.05, 0) is 24.6 Å². The van der Waals surface area contributed by atoms with E-state index in [1.165, 1.54) is 22.7 Å². The van der Waals surface area contributed by atoms with Crippen LogP contribution in [0.15, 0.2) is 58.5 Å². The molecule has 1 aliphatic heterocycles. The van der Waals surface area contributed by atoms with Crippen molar-refractivity contribution in [3.05, 3.63) is 59.7 Å². The summed E-state index contributed by atoms with van der Waals surface area (Å²) in [6.07, 6.45) is 1.47. The normalized spacial score (nSPS) is 16.2. The molecule has 0 aromatic heterocycles. The molecule has 1 saturated heterocycles. The van der Waals surface area contributed by atoms with Gasteiger partial charge >= 0.3 is 0 Å². The molecule has 1 amide bonds. The van der Waals surface area contributed by atoms with Crippen molar-refractivity contribution in [1.29, 1.82) is 0 Å². The van der Waals surface area contributed by atoms with Gasteiger partial charge in [0.2, 0.25) is 10.0 Å². The zero-order chi connectivity index (χ0) is 20.9. The highest BCUT2D eigenvalue weighted by atomic mass is 32.2. The minimum atomic E-state index is -3.50.